The van der Waals surface area contributed by atoms with Gasteiger partial charge in [0, 0.05) is 18.5 Å². The van der Waals surface area contributed by atoms with Gasteiger partial charge in [0.1, 0.15) is 23.4 Å². The minimum Gasteiger partial charge on any atom is -0.508 e. The molecule has 2 rings (SSSR count). The molecule has 2 atom stereocenters. The second-order valence-electron chi connectivity index (χ2n) is 12.3. The van der Waals surface area contributed by atoms with Crippen LogP contribution in [0.3, 0.4) is 0 Å². The fourth-order valence-electron chi connectivity index (χ4n) is 4.47. The van der Waals surface area contributed by atoms with Gasteiger partial charge in [-0.15, -0.1) is 0 Å². The Bertz CT molecular complexity index is 1180. The van der Waals surface area contributed by atoms with Gasteiger partial charge < -0.3 is 25.4 Å². The van der Waals surface area contributed by atoms with Gasteiger partial charge in [-0.2, -0.15) is 0 Å². The lowest BCUT2D eigenvalue weighted by Crippen LogP contribution is -2.60. The molecule has 0 fully saturated rings. The molecule has 0 aliphatic rings. The second kappa shape index (κ2) is 14.4. The van der Waals surface area contributed by atoms with Crippen LogP contribution in [0.25, 0.3) is 0 Å². The molecule has 0 aromatic heterocycles. The van der Waals surface area contributed by atoms with E-state index in [1.54, 1.807) is 37.8 Å². The van der Waals surface area contributed by atoms with E-state index >= 15 is 0 Å². The van der Waals surface area contributed by atoms with Crippen LogP contribution >= 0.6 is 0 Å². The number of ether oxygens (including phenoxy) is 1. The van der Waals surface area contributed by atoms with Crippen LogP contribution in [-0.4, -0.2) is 51.6 Å². The van der Waals surface area contributed by atoms with Crippen LogP contribution in [0.2, 0.25) is 0 Å². The van der Waals surface area contributed by atoms with E-state index in [4.69, 9.17) is 4.74 Å². The summed E-state index contributed by atoms with van der Waals surface area (Å²) < 4.78 is 5.51. The first-order valence-corrected chi connectivity index (χ1v) is 14.5. The first kappa shape index (κ1) is 33.7. The molecule has 0 saturated heterocycles. The van der Waals surface area contributed by atoms with Crippen LogP contribution < -0.4 is 10.6 Å². The Balaban J connectivity index is 2.66. The Morgan fingerprint density at radius 2 is 1.59 bits per heavy atom. The number of phenols is 1. The summed E-state index contributed by atoms with van der Waals surface area (Å²) in [5, 5.41) is 15.6. The third kappa shape index (κ3) is 9.80. The van der Waals surface area contributed by atoms with Crippen LogP contribution in [0, 0.1) is 13.8 Å². The molecule has 0 aliphatic carbocycles. The zero-order valence-corrected chi connectivity index (χ0v) is 26.3. The zero-order chi connectivity index (χ0) is 31.0. The predicted octanol–water partition coefficient (Wildman–Crippen LogP) is 6.12. The molecule has 3 amide bonds. The lowest BCUT2D eigenvalue weighted by molar-refractivity contribution is -0.149. The topological polar surface area (TPSA) is 108 Å². The second-order valence-corrected chi connectivity index (χ2v) is 12.3. The molecular formula is C33H49N3O5. The van der Waals surface area contributed by atoms with Crippen LogP contribution in [0.15, 0.2) is 42.5 Å². The Morgan fingerprint density at radius 3 is 2.12 bits per heavy atom. The Hall–Kier alpha value is -3.55. The van der Waals surface area contributed by atoms with Gasteiger partial charge in [-0.25, -0.2) is 4.79 Å². The third-order valence-corrected chi connectivity index (χ3v) is 7.30. The molecule has 0 bridgehead atoms. The van der Waals surface area contributed by atoms with Gasteiger partial charge in [0.05, 0.1) is 0 Å². The lowest BCUT2D eigenvalue weighted by Gasteiger charge is -2.44. The summed E-state index contributed by atoms with van der Waals surface area (Å²) in [5.41, 5.74) is 2.04. The monoisotopic (exact) mass is 567 g/mol. The largest absolute Gasteiger partial charge is 0.508 e. The molecule has 0 spiro atoms. The number of aryl methyl sites for hydroxylation is 2. The molecule has 0 aliphatic heterocycles. The van der Waals surface area contributed by atoms with E-state index in [2.05, 4.69) is 17.6 Å². The summed E-state index contributed by atoms with van der Waals surface area (Å²) in [7, 11) is 0. The highest BCUT2D eigenvalue weighted by Crippen LogP contribution is 2.33. The molecule has 3 N–H and O–H groups in total. The number of carbonyl (C=O) groups is 3. The molecule has 41 heavy (non-hydrogen) atoms. The molecule has 8 heteroatoms. The molecule has 0 heterocycles. The number of alkyl carbamates (subject to hydrolysis) is 1. The molecule has 0 radical (unpaired) electrons. The number of carbonyl (C=O) groups excluding carboxylic acids is 3. The molecule has 2 aromatic carbocycles. The van der Waals surface area contributed by atoms with Crippen LogP contribution in [-0.2, 0) is 20.7 Å². The van der Waals surface area contributed by atoms with Gasteiger partial charge in [0.25, 0.3) is 0 Å². The van der Waals surface area contributed by atoms with Crippen molar-refractivity contribution in [3.05, 3.63) is 64.7 Å². The first-order chi connectivity index (χ1) is 19.1. The standard InChI is InChI=1S/C33H49N3O5/c1-10-12-19-34-29(38)28(25-16-13-22(3)23(4)20-25)36(33(8,9)11-2)30(39)27(35-31(40)41-32(5,6)7)21-24-14-17-26(37)18-15-24/h13-18,20,27-28,37H,10-12,19,21H2,1-9H3,(H,34,38)(H,35,40). The summed E-state index contributed by atoms with van der Waals surface area (Å²) in [6.45, 7) is 17.7. The molecule has 2 unspecified atom stereocenters. The van der Waals surface area contributed by atoms with Crippen molar-refractivity contribution in [2.45, 2.75) is 111 Å². The summed E-state index contributed by atoms with van der Waals surface area (Å²) >= 11 is 0. The predicted molar refractivity (Wildman–Crippen MR) is 163 cm³/mol. The van der Waals surface area contributed by atoms with E-state index in [0.29, 0.717) is 18.5 Å². The number of benzene rings is 2. The van der Waals surface area contributed by atoms with Crippen molar-refractivity contribution in [3.63, 3.8) is 0 Å². The minimum absolute atomic E-state index is 0.101. The van der Waals surface area contributed by atoms with Gasteiger partial charge in [0.2, 0.25) is 11.8 Å². The average Bonchev–Trinajstić information content (AvgIpc) is 2.88. The van der Waals surface area contributed by atoms with Crippen LogP contribution in [0.4, 0.5) is 4.79 Å². The number of amides is 3. The van der Waals surface area contributed by atoms with Crippen molar-refractivity contribution in [1.82, 2.24) is 15.5 Å². The van der Waals surface area contributed by atoms with Gasteiger partial charge in [0.15, 0.2) is 0 Å². The number of hydrogen-bond donors (Lipinski definition) is 3. The van der Waals surface area contributed by atoms with E-state index in [1.807, 2.05) is 52.8 Å². The van der Waals surface area contributed by atoms with Gasteiger partial charge in [-0.3, -0.25) is 9.59 Å². The summed E-state index contributed by atoms with van der Waals surface area (Å²) in [6.07, 6.45) is 1.73. The number of phenolic OH excluding ortho intramolecular Hbond substituents is 1. The first-order valence-electron chi connectivity index (χ1n) is 14.5. The number of nitrogens with zero attached hydrogens (tertiary/aromatic N) is 1. The fourth-order valence-corrected chi connectivity index (χ4v) is 4.47. The maximum atomic E-state index is 14.6. The quantitative estimate of drug-likeness (QED) is 0.268. The highest BCUT2D eigenvalue weighted by atomic mass is 16.6. The van der Waals surface area contributed by atoms with Crippen molar-refractivity contribution in [1.29, 1.82) is 0 Å². The van der Waals surface area contributed by atoms with Crippen LogP contribution in [0.1, 0.15) is 96.0 Å². The maximum absolute atomic E-state index is 14.6. The molecule has 8 nitrogen and oxygen atoms in total. The van der Waals surface area contributed by atoms with E-state index in [1.165, 1.54) is 12.1 Å². The number of unbranched alkanes of at least 4 members (excludes halogenated alkanes) is 1. The van der Waals surface area contributed by atoms with E-state index in [9.17, 15) is 19.5 Å². The Morgan fingerprint density at radius 1 is 0.951 bits per heavy atom. The fraction of sp³-hybridized carbons (Fsp3) is 0.545. The number of hydrogen-bond acceptors (Lipinski definition) is 5. The number of aromatic hydroxyl groups is 1. The molecular weight excluding hydrogens is 518 g/mol. The minimum atomic E-state index is -1.03. The van der Waals surface area contributed by atoms with E-state index < -0.39 is 35.2 Å². The Kier molecular flexibility index (Phi) is 11.8. The Labute approximate surface area is 245 Å². The van der Waals surface area contributed by atoms with Crippen molar-refractivity contribution in [3.8, 4) is 5.75 Å². The maximum Gasteiger partial charge on any atom is 0.408 e. The van der Waals surface area contributed by atoms with Crippen molar-refractivity contribution < 1.29 is 24.2 Å². The normalized spacial score (nSPS) is 13.2. The highest BCUT2D eigenvalue weighted by Gasteiger charge is 2.43. The summed E-state index contributed by atoms with van der Waals surface area (Å²) in [6, 6.07) is 10.4. The molecule has 226 valence electrons. The SMILES string of the molecule is CCCCNC(=O)C(c1ccc(C)c(C)c1)N(C(=O)C(Cc1ccc(O)cc1)NC(=O)OC(C)(C)C)C(C)(C)CC. The van der Waals surface area contributed by atoms with Crippen molar-refractivity contribution in [2.24, 2.45) is 0 Å². The van der Waals surface area contributed by atoms with Gasteiger partial charge in [-0.05, 0) is 95.7 Å². The average molecular weight is 568 g/mol. The molecule has 2 aromatic rings. The number of rotatable bonds is 12. The third-order valence-electron chi connectivity index (χ3n) is 7.30. The van der Waals surface area contributed by atoms with E-state index in [0.717, 1.165) is 29.5 Å². The van der Waals surface area contributed by atoms with Crippen LogP contribution in [0.5, 0.6) is 5.75 Å². The van der Waals surface area contributed by atoms with Gasteiger partial charge in [-0.1, -0.05) is 50.6 Å². The van der Waals surface area contributed by atoms with Crippen molar-refractivity contribution in [2.75, 3.05) is 6.54 Å². The number of nitrogens with one attached hydrogen (secondary N) is 2. The summed E-state index contributed by atoms with van der Waals surface area (Å²) in [5.74, 6) is -0.564. The lowest BCUT2D eigenvalue weighted by atomic mass is 9.90. The molecule has 0 saturated carbocycles. The summed E-state index contributed by atoms with van der Waals surface area (Å²) in [4.78, 5) is 43.1. The highest BCUT2D eigenvalue weighted by molar-refractivity contribution is 5.93. The van der Waals surface area contributed by atoms with E-state index in [-0.39, 0.29) is 18.1 Å². The smallest absolute Gasteiger partial charge is 0.408 e. The van der Waals surface area contributed by atoms with Crippen molar-refractivity contribution >= 4 is 17.9 Å². The zero-order valence-electron chi connectivity index (χ0n) is 26.3. The van der Waals surface area contributed by atoms with Gasteiger partial charge >= 0.3 is 6.09 Å².